The number of thioether (sulfide) groups is 1. The SMILES string of the molecule is CC(NC(=O)CSc1n[nH]c2nc3ccccc3n12)c1ccco1. The maximum absolute atomic E-state index is 12.1. The van der Waals surface area contributed by atoms with Gasteiger partial charge in [-0.3, -0.25) is 9.20 Å². The minimum absolute atomic E-state index is 0.0792. The second-order valence-corrected chi connectivity index (χ2v) is 6.30. The van der Waals surface area contributed by atoms with Crippen LogP contribution in [-0.2, 0) is 4.79 Å². The fourth-order valence-corrected chi connectivity index (χ4v) is 3.33. The zero-order chi connectivity index (χ0) is 16.5. The van der Waals surface area contributed by atoms with Crippen LogP contribution in [-0.4, -0.2) is 31.2 Å². The summed E-state index contributed by atoms with van der Waals surface area (Å²) in [5.41, 5.74) is 1.86. The van der Waals surface area contributed by atoms with Gasteiger partial charge < -0.3 is 9.73 Å². The maximum Gasteiger partial charge on any atom is 0.231 e. The maximum atomic E-state index is 12.1. The Balaban J connectivity index is 1.47. The highest BCUT2D eigenvalue weighted by molar-refractivity contribution is 7.99. The number of imidazole rings is 1. The van der Waals surface area contributed by atoms with Crippen LogP contribution in [0.3, 0.4) is 0 Å². The van der Waals surface area contributed by atoms with E-state index in [0.717, 1.165) is 16.8 Å². The van der Waals surface area contributed by atoms with E-state index >= 15 is 0 Å². The van der Waals surface area contributed by atoms with Crippen molar-refractivity contribution in [1.29, 1.82) is 0 Å². The monoisotopic (exact) mass is 341 g/mol. The summed E-state index contributed by atoms with van der Waals surface area (Å²) < 4.78 is 7.21. The summed E-state index contributed by atoms with van der Waals surface area (Å²) in [4.78, 5) is 16.6. The van der Waals surface area contributed by atoms with Crippen molar-refractivity contribution < 1.29 is 9.21 Å². The Labute approximate surface area is 141 Å². The Morgan fingerprint density at radius 3 is 3.08 bits per heavy atom. The molecule has 7 nitrogen and oxygen atoms in total. The Kier molecular flexibility index (Phi) is 3.73. The Bertz CT molecular complexity index is 989. The zero-order valence-corrected chi connectivity index (χ0v) is 13.7. The topological polar surface area (TPSA) is 88.2 Å². The first-order valence-corrected chi connectivity index (χ1v) is 8.48. The number of H-pyrrole nitrogens is 1. The quantitative estimate of drug-likeness (QED) is 0.545. The van der Waals surface area contributed by atoms with Crippen LogP contribution in [0.25, 0.3) is 16.8 Å². The van der Waals surface area contributed by atoms with Gasteiger partial charge in [0.05, 0.1) is 29.1 Å². The molecule has 0 bridgehead atoms. The molecule has 0 radical (unpaired) electrons. The van der Waals surface area contributed by atoms with E-state index in [1.54, 1.807) is 12.3 Å². The minimum atomic E-state index is -0.165. The summed E-state index contributed by atoms with van der Waals surface area (Å²) in [5.74, 6) is 1.58. The van der Waals surface area contributed by atoms with Crippen LogP contribution in [0.1, 0.15) is 18.7 Å². The third kappa shape index (κ3) is 2.65. The first kappa shape index (κ1) is 14.8. The van der Waals surface area contributed by atoms with Crippen LogP contribution in [0.15, 0.2) is 52.2 Å². The number of hydrogen-bond acceptors (Lipinski definition) is 5. The van der Waals surface area contributed by atoms with Gasteiger partial charge in [0.25, 0.3) is 0 Å². The molecule has 3 aromatic heterocycles. The number of nitrogens with one attached hydrogen (secondary N) is 2. The molecule has 0 aliphatic heterocycles. The zero-order valence-electron chi connectivity index (χ0n) is 12.9. The van der Waals surface area contributed by atoms with E-state index in [1.807, 2.05) is 41.7 Å². The lowest BCUT2D eigenvalue weighted by Crippen LogP contribution is -2.28. The summed E-state index contributed by atoms with van der Waals surface area (Å²) in [5, 5.41) is 10.8. The molecule has 1 aromatic carbocycles. The molecule has 4 aromatic rings. The van der Waals surface area contributed by atoms with Crippen molar-refractivity contribution in [3.05, 3.63) is 48.4 Å². The summed E-state index contributed by atoms with van der Waals surface area (Å²) in [6, 6.07) is 11.3. The molecule has 0 saturated carbocycles. The van der Waals surface area contributed by atoms with Gasteiger partial charge in [-0.1, -0.05) is 23.9 Å². The van der Waals surface area contributed by atoms with E-state index in [4.69, 9.17) is 4.42 Å². The number of amides is 1. The molecule has 122 valence electrons. The first-order valence-electron chi connectivity index (χ1n) is 7.49. The first-order chi connectivity index (χ1) is 11.7. The van der Waals surface area contributed by atoms with Crippen molar-refractivity contribution in [2.24, 2.45) is 0 Å². The Morgan fingerprint density at radius 1 is 1.38 bits per heavy atom. The van der Waals surface area contributed by atoms with Gasteiger partial charge in [-0.15, -0.1) is 5.10 Å². The molecular weight excluding hydrogens is 326 g/mol. The summed E-state index contributed by atoms with van der Waals surface area (Å²) in [6.07, 6.45) is 1.59. The molecule has 8 heteroatoms. The van der Waals surface area contributed by atoms with Gasteiger partial charge in [0.15, 0.2) is 5.16 Å². The van der Waals surface area contributed by atoms with E-state index in [1.165, 1.54) is 11.8 Å². The molecule has 1 atom stereocenters. The molecule has 1 amide bonds. The smallest absolute Gasteiger partial charge is 0.231 e. The summed E-state index contributed by atoms with van der Waals surface area (Å²) in [7, 11) is 0. The van der Waals surface area contributed by atoms with E-state index in [9.17, 15) is 4.79 Å². The number of furan rings is 1. The standard InChI is InChI=1S/C16H15N5O2S/c1-10(13-7-4-8-23-13)17-14(22)9-24-16-20-19-15-18-11-5-2-3-6-12(11)21(15)16/h2-8,10H,9H2,1H3,(H,17,22)(H,18,19). The van der Waals surface area contributed by atoms with Crippen LogP contribution in [0.4, 0.5) is 0 Å². The van der Waals surface area contributed by atoms with Gasteiger partial charge in [-0.05, 0) is 31.2 Å². The number of hydrogen-bond donors (Lipinski definition) is 2. The van der Waals surface area contributed by atoms with E-state index in [0.29, 0.717) is 10.9 Å². The lowest BCUT2D eigenvalue weighted by atomic mass is 10.2. The molecular formula is C16H15N5O2S. The van der Waals surface area contributed by atoms with Crippen LogP contribution in [0.2, 0.25) is 0 Å². The average Bonchev–Trinajstić information content (AvgIpc) is 3.29. The highest BCUT2D eigenvalue weighted by atomic mass is 32.2. The van der Waals surface area contributed by atoms with Crippen molar-refractivity contribution in [2.75, 3.05) is 5.75 Å². The van der Waals surface area contributed by atoms with Crippen molar-refractivity contribution in [3.63, 3.8) is 0 Å². The number of rotatable bonds is 5. The van der Waals surface area contributed by atoms with Gasteiger partial charge in [0, 0.05) is 0 Å². The van der Waals surface area contributed by atoms with Gasteiger partial charge in [-0.2, -0.15) is 0 Å². The predicted molar refractivity (Wildman–Crippen MR) is 90.8 cm³/mol. The number of aromatic nitrogens is 4. The fraction of sp³-hybridized carbons (Fsp3) is 0.188. The number of benzene rings is 1. The second-order valence-electron chi connectivity index (χ2n) is 5.36. The molecule has 0 aliphatic rings. The minimum Gasteiger partial charge on any atom is -0.467 e. The van der Waals surface area contributed by atoms with Crippen LogP contribution in [0.5, 0.6) is 0 Å². The summed E-state index contributed by atoms with van der Waals surface area (Å²) in [6.45, 7) is 1.89. The Morgan fingerprint density at radius 2 is 2.25 bits per heavy atom. The Hall–Kier alpha value is -2.74. The van der Waals surface area contributed by atoms with Crippen molar-refractivity contribution in [3.8, 4) is 0 Å². The molecule has 0 aliphatic carbocycles. The highest BCUT2D eigenvalue weighted by Crippen LogP contribution is 2.23. The lowest BCUT2D eigenvalue weighted by Gasteiger charge is -2.10. The number of aromatic amines is 1. The van der Waals surface area contributed by atoms with Crippen LogP contribution < -0.4 is 5.32 Å². The van der Waals surface area contributed by atoms with Gasteiger partial charge in [0.2, 0.25) is 11.7 Å². The molecule has 0 saturated heterocycles. The van der Waals surface area contributed by atoms with Gasteiger partial charge >= 0.3 is 0 Å². The molecule has 1 unspecified atom stereocenters. The number of carbonyl (C=O) groups excluding carboxylic acids is 1. The molecule has 24 heavy (non-hydrogen) atoms. The van der Waals surface area contributed by atoms with Gasteiger partial charge in [0.1, 0.15) is 5.76 Å². The third-order valence-electron chi connectivity index (χ3n) is 3.68. The van der Waals surface area contributed by atoms with E-state index in [-0.39, 0.29) is 17.7 Å². The molecule has 4 rings (SSSR count). The molecule has 3 heterocycles. The largest absolute Gasteiger partial charge is 0.467 e. The highest BCUT2D eigenvalue weighted by Gasteiger charge is 2.15. The third-order valence-corrected chi connectivity index (χ3v) is 4.62. The number of carbonyl (C=O) groups is 1. The fourth-order valence-electron chi connectivity index (χ4n) is 2.56. The predicted octanol–water partition coefficient (Wildman–Crippen LogP) is 2.77. The summed E-state index contributed by atoms with van der Waals surface area (Å²) >= 11 is 1.36. The number of para-hydroxylation sites is 2. The second kappa shape index (κ2) is 6.04. The number of nitrogens with zero attached hydrogens (tertiary/aromatic N) is 3. The van der Waals surface area contributed by atoms with E-state index in [2.05, 4.69) is 20.5 Å². The van der Waals surface area contributed by atoms with Crippen molar-refractivity contribution in [2.45, 2.75) is 18.1 Å². The average molecular weight is 341 g/mol. The van der Waals surface area contributed by atoms with E-state index < -0.39 is 0 Å². The van der Waals surface area contributed by atoms with Crippen molar-refractivity contribution in [1.82, 2.24) is 24.9 Å². The normalized spacial score (nSPS) is 12.7. The molecule has 0 spiro atoms. The molecule has 0 fully saturated rings. The van der Waals surface area contributed by atoms with Gasteiger partial charge in [-0.25, -0.2) is 10.1 Å². The van der Waals surface area contributed by atoms with Crippen LogP contribution in [0, 0.1) is 0 Å². The number of fused-ring (bicyclic) bond motifs is 3. The van der Waals surface area contributed by atoms with Crippen LogP contribution >= 0.6 is 11.8 Å². The molecule has 2 N–H and O–H groups in total. The lowest BCUT2D eigenvalue weighted by molar-refractivity contribution is -0.119. The van der Waals surface area contributed by atoms with Crippen molar-refractivity contribution >= 4 is 34.5 Å².